The van der Waals surface area contributed by atoms with E-state index in [1.165, 1.54) is 18.2 Å². The van der Waals surface area contributed by atoms with Gasteiger partial charge < -0.3 is 15.5 Å². The van der Waals surface area contributed by atoms with E-state index in [9.17, 15) is 19.4 Å². The molecular weight excluding hydrogens is 457 g/mol. The maximum absolute atomic E-state index is 14.9. The summed E-state index contributed by atoms with van der Waals surface area (Å²) in [6.07, 6.45) is 2.34. The second kappa shape index (κ2) is 10.7. The maximum Gasteiger partial charge on any atom is 0.252 e. The summed E-state index contributed by atoms with van der Waals surface area (Å²) in [6.45, 7) is -0.203. The van der Waals surface area contributed by atoms with Gasteiger partial charge in [-0.05, 0) is 53.6 Å². The smallest absolute Gasteiger partial charge is 0.252 e. The lowest BCUT2D eigenvalue weighted by Crippen LogP contribution is -2.46. The number of nitrogens with one attached hydrogen (secondary N) is 1. The van der Waals surface area contributed by atoms with Crippen LogP contribution in [0.5, 0.6) is 0 Å². The monoisotopic (exact) mass is 479 g/mol. The van der Waals surface area contributed by atoms with Gasteiger partial charge in [0.2, 0.25) is 0 Å². The van der Waals surface area contributed by atoms with Crippen molar-refractivity contribution >= 4 is 28.8 Å². The van der Waals surface area contributed by atoms with E-state index in [1.54, 1.807) is 42.6 Å². The Hall–Kier alpha value is -3.39. The molecule has 0 fully saturated rings. The molecule has 0 unspecified atom stereocenters. The first-order valence-corrected chi connectivity index (χ1v) is 11.1. The number of aliphatic hydroxyl groups is 2. The average molecular weight is 480 g/mol. The van der Waals surface area contributed by atoms with Crippen molar-refractivity contribution in [1.82, 2.24) is 10.3 Å². The van der Waals surface area contributed by atoms with Gasteiger partial charge in [0.05, 0.1) is 36.6 Å². The second-order valence-corrected chi connectivity index (χ2v) is 8.33. The number of rotatable bonds is 8. The Bertz CT molecular complexity index is 1230. The number of pyridine rings is 1. The number of halogens is 2. The summed E-state index contributed by atoms with van der Waals surface area (Å²) in [5, 5.41) is 23.1. The third-order valence-corrected chi connectivity index (χ3v) is 5.84. The van der Waals surface area contributed by atoms with Crippen molar-refractivity contribution < 1.29 is 19.4 Å². The van der Waals surface area contributed by atoms with Crippen LogP contribution in [-0.4, -0.2) is 52.1 Å². The van der Waals surface area contributed by atoms with E-state index in [0.29, 0.717) is 23.0 Å². The number of amides is 1. The molecule has 0 radical (unpaired) electrons. The molecule has 8 heteroatoms. The Morgan fingerprint density at radius 3 is 2.62 bits per heavy atom. The highest BCUT2D eigenvalue weighted by atomic mass is 35.5. The number of aliphatic hydroxyl groups excluding tert-OH is 2. The molecule has 0 bridgehead atoms. The molecule has 0 spiro atoms. The third-order valence-electron chi connectivity index (χ3n) is 5.58. The number of benzene rings is 2. The molecule has 0 saturated carbocycles. The molecule has 4 rings (SSSR count). The molecule has 0 aliphatic carbocycles. The van der Waals surface area contributed by atoms with Gasteiger partial charge in [0, 0.05) is 28.9 Å². The van der Waals surface area contributed by atoms with Crippen LogP contribution in [0.15, 0.2) is 77.9 Å². The van der Waals surface area contributed by atoms with Crippen LogP contribution in [0.25, 0.3) is 5.57 Å². The molecule has 2 aromatic carbocycles. The highest BCUT2D eigenvalue weighted by molar-refractivity contribution is 6.30. The molecule has 6 nitrogen and oxygen atoms in total. The fraction of sp³-hybridized carbons (Fsp3) is 0.192. The quantitative estimate of drug-likeness (QED) is 0.461. The SMILES string of the molecule is O=C(N[C@H](Cc1ccccn1)[C@H](O)CO)c1cccc(F)c1C1=NCC(c2ccc(Cl)cc2)=C1. The average Bonchev–Trinajstić information content (AvgIpc) is 3.33. The van der Waals surface area contributed by atoms with Crippen LogP contribution in [0.3, 0.4) is 0 Å². The predicted octanol–water partition coefficient (Wildman–Crippen LogP) is 3.45. The van der Waals surface area contributed by atoms with Crippen molar-refractivity contribution in [2.45, 2.75) is 18.6 Å². The minimum absolute atomic E-state index is 0.0824. The van der Waals surface area contributed by atoms with Crippen LogP contribution in [0.1, 0.15) is 27.2 Å². The lowest BCUT2D eigenvalue weighted by Gasteiger charge is -2.23. The Labute approximate surface area is 201 Å². The van der Waals surface area contributed by atoms with Crippen LogP contribution < -0.4 is 5.32 Å². The zero-order valence-electron chi connectivity index (χ0n) is 18.2. The van der Waals surface area contributed by atoms with Gasteiger partial charge in [0.25, 0.3) is 5.91 Å². The van der Waals surface area contributed by atoms with Gasteiger partial charge in [-0.3, -0.25) is 14.8 Å². The maximum atomic E-state index is 14.9. The molecule has 2 heterocycles. The van der Waals surface area contributed by atoms with Crippen molar-refractivity contribution in [3.63, 3.8) is 0 Å². The van der Waals surface area contributed by atoms with Crippen molar-refractivity contribution in [3.8, 4) is 0 Å². The molecular formula is C26H23ClFN3O3. The largest absolute Gasteiger partial charge is 0.394 e. The summed E-state index contributed by atoms with van der Waals surface area (Å²) in [4.78, 5) is 21.9. The van der Waals surface area contributed by atoms with Gasteiger partial charge >= 0.3 is 0 Å². The summed E-state index contributed by atoms with van der Waals surface area (Å²) >= 11 is 5.97. The van der Waals surface area contributed by atoms with E-state index in [0.717, 1.165) is 11.1 Å². The van der Waals surface area contributed by atoms with Crippen LogP contribution in [-0.2, 0) is 6.42 Å². The minimum Gasteiger partial charge on any atom is -0.394 e. The molecule has 174 valence electrons. The molecule has 1 aliphatic rings. The second-order valence-electron chi connectivity index (χ2n) is 7.90. The Morgan fingerprint density at radius 1 is 1.12 bits per heavy atom. The highest BCUT2D eigenvalue weighted by Gasteiger charge is 2.26. The molecule has 0 saturated heterocycles. The van der Waals surface area contributed by atoms with Gasteiger partial charge in [-0.1, -0.05) is 35.9 Å². The number of aliphatic imine (C=N–C) groups is 1. The third kappa shape index (κ3) is 5.39. The molecule has 3 aromatic rings. The van der Waals surface area contributed by atoms with E-state index in [1.807, 2.05) is 12.1 Å². The molecule has 34 heavy (non-hydrogen) atoms. The van der Waals surface area contributed by atoms with Crippen LogP contribution >= 0.6 is 11.6 Å². The summed E-state index contributed by atoms with van der Waals surface area (Å²) < 4.78 is 14.9. The van der Waals surface area contributed by atoms with E-state index >= 15 is 0 Å². The standard InChI is InChI=1S/C26H23ClFN3O3/c27-18-9-7-16(8-10-18)17-12-23(30-14-17)25-20(5-3-6-21(25)28)26(34)31-22(24(33)15-32)13-19-4-1-2-11-29-19/h1-12,22,24,32-33H,13-15H2,(H,31,34)/t22-,24-/m1/s1. The van der Waals surface area contributed by atoms with E-state index in [-0.39, 0.29) is 17.5 Å². The highest BCUT2D eigenvalue weighted by Crippen LogP contribution is 2.26. The zero-order valence-corrected chi connectivity index (χ0v) is 18.9. The van der Waals surface area contributed by atoms with Gasteiger partial charge in [-0.15, -0.1) is 0 Å². The van der Waals surface area contributed by atoms with Crippen LogP contribution in [0.4, 0.5) is 4.39 Å². The Balaban J connectivity index is 1.60. The molecule has 3 N–H and O–H groups in total. The lowest BCUT2D eigenvalue weighted by molar-refractivity contribution is 0.0565. The summed E-state index contributed by atoms with van der Waals surface area (Å²) in [6, 6.07) is 16.0. The minimum atomic E-state index is -1.22. The van der Waals surface area contributed by atoms with Crippen molar-refractivity contribution in [2.75, 3.05) is 13.2 Å². The predicted molar refractivity (Wildman–Crippen MR) is 130 cm³/mol. The van der Waals surface area contributed by atoms with E-state index in [4.69, 9.17) is 11.6 Å². The summed E-state index contributed by atoms with van der Waals surface area (Å²) in [5.41, 5.74) is 2.95. The number of hydrogen-bond acceptors (Lipinski definition) is 5. The van der Waals surface area contributed by atoms with E-state index in [2.05, 4.69) is 15.3 Å². The molecule has 1 aliphatic heterocycles. The van der Waals surface area contributed by atoms with Crippen molar-refractivity contribution in [1.29, 1.82) is 0 Å². The van der Waals surface area contributed by atoms with Crippen LogP contribution in [0, 0.1) is 5.82 Å². The molecule has 1 amide bonds. The van der Waals surface area contributed by atoms with Crippen molar-refractivity contribution in [2.24, 2.45) is 4.99 Å². The van der Waals surface area contributed by atoms with Crippen molar-refractivity contribution in [3.05, 3.63) is 106 Å². The first-order valence-electron chi connectivity index (χ1n) is 10.8. The number of carbonyl (C=O) groups excluding carboxylic acids is 1. The number of nitrogens with zero attached hydrogens (tertiary/aromatic N) is 2. The first kappa shape index (κ1) is 23.8. The number of hydrogen-bond donors (Lipinski definition) is 3. The Kier molecular flexibility index (Phi) is 7.47. The lowest BCUT2D eigenvalue weighted by atomic mass is 9.98. The van der Waals surface area contributed by atoms with Crippen LogP contribution in [0.2, 0.25) is 5.02 Å². The topological polar surface area (TPSA) is 94.8 Å². The van der Waals surface area contributed by atoms with Gasteiger partial charge in [0.1, 0.15) is 5.82 Å². The number of aromatic nitrogens is 1. The summed E-state index contributed by atoms with van der Waals surface area (Å²) in [5.74, 6) is -1.16. The van der Waals surface area contributed by atoms with Gasteiger partial charge in [0.15, 0.2) is 0 Å². The first-order chi connectivity index (χ1) is 16.5. The fourth-order valence-electron chi connectivity index (χ4n) is 3.79. The van der Waals surface area contributed by atoms with Gasteiger partial charge in [-0.2, -0.15) is 0 Å². The molecule has 1 aromatic heterocycles. The molecule has 2 atom stereocenters. The summed E-state index contributed by atoms with van der Waals surface area (Å²) in [7, 11) is 0. The normalized spacial score (nSPS) is 14.8. The number of allylic oxidation sites excluding steroid dienone is 1. The van der Waals surface area contributed by atoms with Gasteiger partial charge in [-0.25, -0.2) is 4.39 Å². The fourth-order valence-corrected chi connectivity index (χ4v) is 3.92. The number of carbonyl (C=O) groups is 1. The zero-order chi connectivity index (χ0) is 24.1. The Morgan fingerprint density at radius 2 is 1.91 bits per heavy atom. The van der Waals surface area contributed by atoms with E-state index < -0.39 is 30.5 Å².